The van der Waals surface area contributed by atoms with E-state index in [-0.39, 0.29) is 23.7 Å². The summed E-state index contributed by atoms with van der Waals surface area (Å²) in [6.07, 6.45) is -0.446. The van der Waals surface area contributed by atoms with Gasteiger partial charge in [-0.3, -0.25) is 4.79 Å². The average Bonchev–Trinajstić information content (AvgIpc) is 2.47. The van der Waals surface area contributed by atoms with Gasteiger partial charge < -0.3 is 15.0 Å². The Morgan fingerprint density at radius 1 is 1.27 bits per heavy atom. The maximum absolute atomic E-state index is 12.4. The van der Waals surface area contributed by atoms with Crippen LogP contribution in [0.25, 0.3) is 0 Å². The van der Waals surface area contributed by atoms with Crippen LogP contribution in [0.5, 0.6) is 5.75 Å². The van der Waals surface area contributed by atoms with E-state index in [2.05, 4.69) is 32.2 Å². The Morgan fingerprint density at radius 2 is 1.91 bits per heavy atom. The van der Waals surface area contributed by atoms with Gasteiger partial charge in [-0.1, -0.05) is 32.9 Å². The van der Waals surface area contributed by atoms with Crippen molar-refractivity contribution in [3.8, 4) is 5.75 Å². The first-order valence-electron chi connectivity index (χ1n) is 7.64. The lowest BCUT2D eigenvalue weighted by Crippen LogP contribution is -2.50. The molecule has 1 heterocycles. The number of amides is 1. The van der Waals surface area contributed by atoms with E-state index in [1.165, 1.54) is 5.56 Å². The van der Waals surface area contributed by atoms with Crippen molar-refractivity contribution in [1.82, 2.24) is 10.2 Å². The molecule has 0 bridgehead atoms. The third-order valence-electron chi connectivity index (χ3n) is 3.79. The highest BCUT2D eigenvalue weighted by Gasteiger charge is 2.23. The quantitative estimate of drug-likeness (QED) is 0.928. The van der Waals surface area contributed by atoms with Crippen LogP contribution < -0.4 is 10.1 Å². The van der Waals surface area contributed by atoms with Crippen LogP contribution in [-0.2, 0) is 10.2 Å². The first kappa shape index (κ1) is 18.8. The number of carbonyl (C=O) groups is 1. The molecule has 1 aliphatic heterocycles. The SMILES string of the molecule is CC(Oc1cccc(C(C)(C)C)c1)C(=O)N1CCNCC1.Cl. The van der Waals surface area contributed by atoms with Gasteiger partial charge in [0.15, 0.2) is 6.10 Å². The monoisotopic (exact) mass is 326 g/mol. The van der Waals surface area contributed by atoms with Crippen molar-refractivity contribution in [3.63, 3.8) is 0 Å². The Bertz CT molecular complexity index is 494. The Balaban J connectivity index is 0.00000242. The number of nitrogens with zero attached hydrogens (tertiary/aromatic N) is 1. The summed E-state index contributed by atoms with van der Waals surface area (Å²) < 4.78 is 5.85. The molecule has 1 unspecified atom stereocenters. The van der Waals surface area contributed by atoms with E-state index in [9.17, 15) is 4.79 Å². The number of benzene rings is 1. The molecule has 124 valence electrons. The van der Waals surface area contributed by atoms with Gasteiger partial charge in [-0.2, -0.15) is 0 Å². The van der Waals surface area contributed by atoms with Crippen molar-refractivity contribution >= 4 is 18.3 Å². The second kappa shape index (κ2) is 7.84. The largest absolute Gasteiger partial charge is 0.481 e. The maximum Gasteiger partial charge on any atom is 0.263 e. The first-order valence-corrected chi connectivity index (χ1v) is 7.64. The highest BCUT2D eigenvalue weighted by Crippen LogP contribution is 2.26. The number of piperazine rings is 1. The van der Waals surface area contributed by atoms with Gasteiger partial charge in [-0.15, -0.1) is 12.4 Å². The standard InChI is InChI=1S/C17H26N2O2.ClH/c1-13(16(20)19-10-8-18-9-11-19)21-15-7-5-6-14(12-15)17(2,3)4;/h5-7,12-13,18H,8-11H2,1-4H3;1H. The Kier molecular flexibility index (Phi) is 6.69. The van der Waals surface area contributed by atoms with Crippen LogP contribution in [0.4, 0.5) is 0 Å². The van der Waals surface area contributed by atoms with Gasteiger partial charge in [0.2, 0.25) is 0 Å². The van der Waals surface area contributed by atoms with E-state index in [1.54, 1.807) is 0 Å². The normalized spacial score (nSPS) is 16.6. The number of ether oxygens (including phenoxy) is 1. The topological polar surface area (TPSA) is 41.6 Å². The van der Waals surface area contributed by atoms with E-state index in [1.807, 2.05) is 30.0 Å². The molecule has 0 radical (unpaired) electrons. The summed E-state index contributed by atoms with van der Waals surface area (Å²) in [4.78, 5) is 14.2. The smallest absolute Gasteiger partial charge is 0.263 e. The van der Waals surface area contributed by atoms with Crippen molar-refractivity contribution in [3.05, 3.63) is 29.8 Å². The number of nitrogens with one attached hydrogen (secondary N) is 1. The molecule has 1 aromatic rings. The summed E-state index contributed by atoms with van der Waals surface area (Å²) in [5, 5.41) is 3.25. The van der Waals surface area contributed by atoms with E-state index in [0.29, 0.717) is 0 Å². The van der Waals surface area contributed by atoms with Gasteiger partial charge in [0.1, 0.15) is 5.75 Å². The molecule has 1 N–H and O–H groups in total. The highest BCUT2D eigenvalue weighted by molar-refractivity contribution is 5.85. The zero-order valence-electron chi connectivity index (χ0n) is 13.9. The fourth-order valence-electron chi connectivity index (χ4n) is 2.43. The van der Waals surface area contributed by atoms with E-state index in [4.69, 9.17) is 4.74 Å². The molecular formula is C17H27ClN2O2. The second-order valence-corrected chi connectivity index (χ2v) is 6.61. The molecule has 1 atom stereocenters. The number of rotatable bonds is 3. The summed E-state index contributed by atoms with van der Waals surface area (Å²) in [5.41, 5.74) is 1.28. The molecule has 0 aliphatic carbocycles. The van der Waals surface area contributed by atoms with E-state index >= 15 is 0 Å². The minimum Gasteiger partial charge on any atom is -0.481 e. The molecule has 0 spiro atoms. The molecule has 22 heavy (non-hydrogen) atoms. The third kappa shape index (κ3) is 4.89. The fraction of sp³-hybridized carbons (Fsp3) is 0.588. The molecule has 1 aliphatic rings. The number of hydrogen-bond acceptors (Lipinski definition) is 3. The van der Waals surface area contributed by atoms with Gasteiger partial charge in [-0.25, -0.2) is 0 Å². The summed E-state index contributed by atoms with van der Waals surface area (Å²) in [7, 11) is 0. The summed E-state index contributed by atoms with van der Waals surface area (Å²) in [6, 6.07) is 8.02. The van der Waals surface area contributed by atoms with Crippen LogP contribution in [-0.4, -0.2) is 43.1 Å². The fourth-order valence-corrected chi connectivity index (χ4v) is 2.43. The summed E-state index contributed by atoms with van der Waals surface area (Å²) in [5.74, 6) is 0.830. The second-order valence-electron chi connectivity index (χ2n) is 6.61. The summed E-state index contributed by atoms with van der Waals surface area (Å²) >= 11 is 0. The molecule has 2 rings (SSSR count). The number of halogens is 1. The first-order chi connectivity index (χ1) is 9.88. The van der Waals surface area contributed by atoms with Crippen LogP contribution in [0.2, 0.25) is 0 Å². The molecule has 4 nitrogen and oxygen atoms in total. The lowest BCUT2D eigenvalue weighted by molar-refractivity contribution is -0.138. The number of hydrogen-bond donors (Lipinski definition) is 1. The van der Waals surface area contributed by atoms with Gasteiger partial charge >= 0.3 is 0 Å². The maximum atomic E-state index is 12.4. The van der Waals surface area contributed by atoms with Crippen LogP contribution in [0.1, 0.15) is 33.3 Å². The minimum absolute atomic E-state index is 0. The molecule has 1 amide bonds. The van der Waals surface area contributed by atoms with Crippen molar-refractivity contribution in [2.75, 3.05) is 26.2 Å². The van der Waals surface area contributed by atoms with Gasteiger partial charge in [0.05, 0.1) is 0 Å². The molecular weight excluding hydrogens is 300 g/mol. The minimum atomic E-state index is -0.446. The molecule has 1 saturated heterocycles. The van der Waals surface area contributed by atoms with Crippen molar-refractivity contribution < 1.29 is 9.53 Å². The third-order valence-corrected chi connectivity index (χ3v) is 3.79. The lowest BCUT2D eigenvalue weighted by atomic mass is 9.87. The van der Waals surface area contributed by atoms with Crippen molar-refractivity contribution in [2.24, 2.45) is 0 Å². The van der Waals surface area contributed by atoms with Gasteiger partial charge in [0.25, 0.3) is 5.91 Å². The predicted octanol–water partition coefficient (Wildman–Crippen LogP) is 2.61. The Hall–Kier alpha value is -1.26. The predicted molar refractivity (Wildman–Crippen MR) is 91.9 cm³/mol. The molecule has 0 aromatic heterocycles. The molecule has 5 heteroatoms. The van der Waals surface area contributed by atoms with E-state index in [0.717, 1.165) is 31.9 Å². The average molecular weight is 327 g/mol. The van der Waals surface area contributed by atoms with E-state index < -0.39 is 6.10 Å². The van der Waals surface area contributed by atoms with Crippen LogP contribution in [0, 0.1) is 0 Å². The Morgan fingerprint density at radius 3 is 2.50 bits per heavy atom. The molecule has 1 aromatic carbocycles. The van der Waals surface area contributed by atoms with Crippen molar-refractivity contribution in [1.29, 1.82) is 0 Å². The van der Waals surface area contributed by atoms with Crippen LogP contribution >= 0.6 is 12.4 Å². The highest BCUT2D eigenvalue weighted by atomic mass is 35.5. The zero-order chi connectivity index (χ0) is 15.5. The molecule has 1 fully saturated rings. The Labute approximate surface area is 139 Å². The van der Waals surface area contributed by atoms with Crippen LogP contribution in [0.3, 0.4) is 0 Å². The summed E-state index contributed by atoms with van der Waals surface area (Å²) in [6.45, 7) is 11.6. The number of carbonyl (C=O) groups excluding carboxylic acids is 1. The van der Waals surface area contributed by atoms with Crippen molar-refractivity contribution in [2.45, 2.75) is 39.2 Å². The lowest BCUT2D eigenvalue weighted by Gasteiger charge is -2.30. The zero-order valence-corrected chi connectivity index (χ0v) is 14.7. The van der Waals surface area contributed by atoms with Gasteiger partial charge in [0, 0.05) is 26.2 Å². The van der Waals surface area contributed by atoms with Crippen LogP contribution in [0.15, 0.2) is 24.3 Å². The molecule has 0 saturated carbocycles. The van der Waals surface area contributed by atoms with Gasteiger partial charge in [-0.05, 0) is 30.0 Å².